The SMILES string of the molecule is CNC(=O)c1ccc(N2CCCC(CN)C2)nn1. The molecule has 1 saturated heterocycles. The molecule has 2 rings (SSSR count). The Morgan fingerprint density at radius 2 is 2.39 bits per heavy atom. The smallest absolute Gasteiger partial charge is 0.271 e. The van der Waals surface area contributed by atoms with Gasteiger partial charge in [0.15, 0.2) is 11.5 Å². The third-order valence-corrected chi connectivity index (χ3v) is 3.29. The number of piperidine rings is 1. The van der Waals surface area contributed by atoms with Crippen molar-refractivity contribution in [3.05, 3.63) is 17.8 Å². The number of carbonyl (C=O) groups excluding carboxylic acids is 1. The molecule has 2 heterocycles. The summed E-state index contributed by atoms with van der Waals surface area (Å²) in [6.45, 7) is 2.61. The minimum Gasteiger partial charge on any atom is -0.355 e. The van der Waals surface area contributed by atoms with E-state index in [0.29, 0.717) is 18.2 Å². The predicted octanol–water partition coefficient (Wildman–Crippen LogP) is 0.0113. The number of aromatic nitrogens is 2. The Bertz CT molecular complexity index is 405. The summed E-state index contributed by atoms with van der Waals surface area (Å²) in [5, 5.41) is 10.6. The first-order chi connectivity index (χ1) is 8.74. The molecule has 0 radical (unpaired) electrons. The normalized spacial score (nSPS) is 19.7. The molecule has 0 bridgehead atoms. The summed E-state index contributed by atoms with van der Waals surface area (Å²) in [5.41, 5.74) is 6.05. The number of hydrogen-bond acceptors (Lipinski definition) is 5. The zero-order valence-corrected chi connectivity index (χ0v) is 10.6. The van der Waals surface area contributed by atoms with Crippen LogP contribution in [-0.2, 0) is 0 Å². The number of amides is 1. The molecule has 1 fully saturated rings. The van der Waals surface area contributed by atoms with E-state index < -0.39 is 0 Å². The van der Waals surface area contributed by atoms with Crippen LogP contribution < -0.4 is 16.0 Å². The van der Waals surface area contributed by atoms with Gasteiger partial charge in [-0.2, -0.15) is 0 Å². The summed E-state index contributed by atoms with van der Waals surface area (Å²) >= 11 is 0. The van der Waals surface area contributed by atoms with E-state index in [1.165, 1.54) is 6.42 Å². The van der Waals surface area contributed by atoms with Crippen LogP contribution in [0.2, 0.25) is 0 Å². The molecule has 0 aliphatic carbocycles. The number of rotatable bonds is 3. The molecule has 1 unspecified atom stereocenters. The van der Waals surface area contributed by atoms with Gasteiger partial charge in [0.1, 0.15) is 0 Å². The zero-order chi connectivity index (χ0) is 13.0. The average molecular weight is 249 g/mol. The Hall–Kier alpha value is -1.69. The lowest BCUT2D eigenvalue weighted by molar-refractivity contribution is 0.0957. The fourth-order valence-electron chi connectivity index (χ4n) is 2.21. The highest BCUT2D eigenvalue weighted by molar-refractivity contribution is 5.91. The topological polar surface area (TPSA) is 84.1 Å². The number of nitrogens with two attached hydrogens (primary N) is 1. The van der Waals surface area contributed by atoms with Crippen molar-refractivity contribution in [2.45, 2.75) is 12.8 Å². The minimum absolute atomic E-state index is 0.215. The second-order valence-electron chi connectivity index (χ2n) is 4.55. The Labute approximate surface area is 107 Å². The van der Waals surface area contributed by atoms with E-state index in [0.717, 1.165) is 25.3 Å². The Morgan fingerprint density at radius 3 is 3.00 bits per heavy atom. The predicted molar refractivity (Wildman–Crippen MR) is 69.4 cm³/mol. The third-order valence-electron chi connectivity index (χ3n) is 3.29. The molecule has 0 aromatic carbocycles. The van der Waals surface area contributed by atoms with Crippen molar-refractivity contribution in [1.29, 1.82) is 0 Å². The maximum Gasteiger partial charge on any atom is 0.271 e. The van der Waals surface area contributed by atoms with Crippen LogP contribution in [0, 0.1) is 5.92 Å². The third kappa shape index (κ3) is 2.76. The monoisotopic (exact) mass is 249 g/mol. The lowest BCUT2D eigenvalue weighted by atomic mass is 9.98. The highest BCUT2D eigenvalue weighted by Crippen LogP contribution is 2.20. The van der Waals surface area contributed by atoms with E-state index in [2.05, 4.69) is 20.4 Å². The molecular weight excluding hydrogens is 230 g/mol. The largest absolute Gasteiger partial charge is 0.355 e. The quantitative estimate of drug-likeness (QED) is 0.788. The molecule has 6 nitrogen and oxygen atoms in total. The summed E-state index contributed by atoms with van der Waals surface area (Å²) < 4.78 is 0. The van der Waals surface area contributed by atoms with Gasteiger partial charge in [-0.25, -0.2) is 0 Å². The van der Waals surface area contributed by atoms with Gasteiger partial charge in [0, 0.05) is 20.1 Å². The van der Waals surface area contributed by atoms with Crippen molar-refractivity contribution in [2.24, 2.45) is 11.7 Å². The lowest BCUT2D eigenvalue weighted by Gasteiger charge is -2.32. The summed E-state index contributed by atoms with van der Waals surface area (Å²) in [4.78, 5) is 13.5. The maximum atomic E-state index is 11.4. The molecule has 1 aromatic heterocycles. The minimum atomic E-state index is -0.215. The molecule has 98 valence electrons. The van der Waals surface area contributed by atoms with E-state index in [4.69, 9.17) is 5.73 Å². The molecule has 1 aliphatic rings. The molecular formula is C12H19N5O. The van der Waals surface area contributed by atoms with E-state index in [-0.39, 0.29) is 5.91 Å². The molecule has 0 spiro atoms. The number of carbonyl (C=O) groups is 1. The Kier molecular flexibility index (Phi) is 4.09. The van der Waals surface area contributed by atoms with E-state index in [1.54, 1.807) is 13.1 Å². The number of nitrogens with one attached hydrogen (secondary N) is 1. The van der Waals surface area contributed by atoms with Crippen molar-refractivity contribution in [3.63, 3.8) is 0 Å². The summed E-state index contributed by atoms with van der Waals surface area (Å²) in [7, 11) is 1.58. The summed E-state index contributed by atoms with van der Waals surface area (Å²) in [6.07, 6.45) is 2.30. The standard InChI is InChI=1S/C12H19N5O/c1-14-12(18)10-4-5-11(16-15-10)17-6-2-3-9(7-13)8-17/h4-5,9H,2-3,6-8,13H2,1H3,(H,14,18). The first-order valence-electron chi connectivity index (χ1n) is 6.25. The molecule has 0 saturated carbocycles. The van der Waals surface area contributed by atoms with Crippen LogP contribution in [0.25, 0.3) is 0 Å². The van der Waals surface area contributed by atoms with Gasteiger partial charge >= 0.3 is 0 Å². The second kappa shape index (κ2) is 5.77. The first kappa shape index (κ1) is 12.8. The zero-order valence-electron chi connectivity index (χ0n) is 10.6. The van der Waals surface area contributed by atoms with E-state index in [1.807, 2.05) is 6.07 Å². The van der Waals surface area contributed by atoms with Gasteiger partial charge in [0.25, 0.3) is 5.91 Å². The van der Waals surface area contributed by atoms with Crippen LogP contribution >= 0.6 is 0 Å². The van der Waals surface area contributed by atoms with Crippen molar-refractivity contribution >= 4 is 11.7 Å². The summed E-state index contributed by atoms with van der Waals surface area (Å²) in [6, 6.07) is 3.55. The highest BCUT2D eigenvalue weighted by atomic mass is 16.1. The van der Waals surface area contributed by atoms with Crippen LogP contribution in [0.4, 0.5) is 5.82 Å². The fourth-order valence-corrected chi connectivity index (χ4v) is 2.21. The molecule has 6 heteroatoms. The van der Waals surface area contributed by atoms with Crippen molar-refractivity contribution in [3.8, 4) is 0 Å². The molecule has 1 aliphatic heterocycles. The number of hydrogen-bond donors (Lipinski definition) is 2. The van der Waals surface area contributed by atoms with Gasteiger partial charge in [0.2, 0.25) is 0 Å². The van der Waals surface area contributed by atoms with Gasteiger partial charge in [-0.1, -0.05) is 0 Å². The molecule has 1 atom stereocenters. The van der Waals surface area contributed by atoms with Gasteiger partial charge in [-0.3, -0.25) is 4.79 Å². The molecule has 18 heavy (non-hydrogen) atoms. The van der Waals surface area contributed by atoms with Crippen LogP contribution in [0.15, 0.2) is 12.1 Å². The van der Waals surface area contributed by atoms with Gasteiger partial charge < -0.3 is 16.0 Å². The van der Waals surface area contributed by atoms with Crippen molar-refractivity contribution < 1.29 is 4.79 Å². The summed E-state index contributed by atoms with van der Waals surface area (Å²) in [5.74, 6) is 1.13. The van der Waals surface area contributed by atoms with Crippen LogP contribution in [0.5, 0.6) is 0 Å². The van der Waals surface area contributed by atoms with Crippen LogP contribution in [-0.4, -0.2) is 42.8 Å². The van der Waals surface area contributed by atoms with Gasteiger partial charge in [-0.15, -0.1) is 10.2 Å². The van der Waals surface area contributed by atoms with Gasteiger partial charge in [-0.05, 0) is 37.4 Å². The number of anilines is 1. The highest BCUT2D eigenvalue weighted by Gasteiger charge is 2.20. The Morgan fingerprint density at radius 1 is 1.56 bits per heavy atom. The first-order valence-corrected chi connectivity index (χ1v) is 6.25. The van der Waals surface area contributed by atoms with Crippen LogP contribution in [0.1, 0.15) is 23.3 Å². The van der Waals surface area contributed by atoms with Crippen molar-refractivity contribution in [1.82, 2.24) is 15.5 Å². The average Bonchev–Trinajstić information content (AvgIpc) is 2.46. The van der Waals surface area contributed by atoms with Gasteiger partial charge in [0.05, 0.1) is 0 Å². The fraction of sp³-hybridized carbons (Fsp3) is 0.583. The molecule has 1 amide bonds. The van der Waals surface area contributed by atoms with E-state index >= 15 is 0 Å². The van der Waals surface area contributed by atoms with E-state index in [9.17, 15) is 4.79 Å². The molecule has 1 aromatic rings. The Balaban J connectivity index is 2.07. The van der Waals surface area contributed by atoms with Crippen molar-refractivity contribution in [2.75, 3.05) is 31.6 Å². The molecule has 3 N–H and O–H groups in total. The number of nitrogens with zero attached hydrogens (tertiary/aromatic N) is 3. The van der Waals surface area contributed by atoms with Crippen LogP contribution in [0.3, 0.4) is 0 Å². The second-order valence-corrected chi connectivity index (χ2v) is 4.55. The maximum absolute atomic E-state index is 11.4. The lowest BCUT2D eigenvalue weighted by Crippen LogP contribution is -2.39.